The van der Waals surface area contributed by atoms with Crippen molar-refractivity contribution in [2.24, 2.45) is 7.05 Å². The number of rotatable bonds is 6. The Bertz CT molecular complexity index is 1100. The molecular formula is C23H25N3O4S. The van der Waals surface area contributed by atoms with Gasteiger partial charge in [0.25, 0.3) is 5.91 Å². The van der Waals surface area contributed by atoms with Gasteiger partial charge in [0.2, 0.25) is 0 Å². The van der Waals surface area contributed by atoms with Gasteiger partial charge in [-0.2, -0.15) is 5.10 Å². The summed E-state index contributed by atoms with van der Waals surface area (Å²) in [5.41, 5.74) is 3.00. The van der Waals surface area contributed by atoms with Gasteiger partial charge in [-0.15, -0.1) is 11.8 Å². The number of aryl methyl sites for hydroxylation is 1. The van der Waals surface area contributed by atoms with E-state index in [1.807, 2.05) is 53.4 Å². The number of methoxy groups -OCH3 is 3. The van der Waals surface area contributed by atoms with Crippen LogP contribution in [0.15, 0.2) is 48.5 Å². The highest BCUT2D eigenvalue weighted by molar-refractivity contribution is 7.99. The molecule has 0 spiro atoms. The predicted molar refractivity (Wildman–Crippen MR) is 121 cm³/mol. The van der Waals surface area contributed by atoms with E-state index in [4.69, 9.17) is 14.2 Å². The van der Waals surface area contributed by atoms with Gasteiger partial charge in [0.15, 0.2) is 0 Å². The van der Waals surface area contributed by atoms with E-state index in [1.165, 1.54) is 0 Å². The van der Waals surface area contributed by atoms with E-state index < -0.39 is 0 Å². The number of nitrogens with zero attached hydrogens (tertiary/aromatic N) is 3. The zero-order chi connectivity index (χ0) is 22.0. The zero-order valence-electron chi connectivity index (χ0n) is 18.0. The number of carbonyl (C=O) groups is 1. The van der Waals surface area contributed by atoms with Crippen molar-refractivity contribution < 1.29 is 19.0 Å². The highest BCUT2D eigenvalue weighted by Crippen LogP contribution is 2.40. The fraction of sp³-hybridized carbons (Fsp3) is 0.304. The molecule has 0 bridgehead atoms. The van der Waals surface area contributed by atoms with Gasteiger partial charge >= 0.3 is 0 Å². The lowest BCUT2D eigenvalue weighted by atomic mass is 10.1. The second kappa shape index (κ2) is 8.93. The molecule has 1 aliphatic heterocycles. The minimum Gasteiger partial charge on any atom is -0.497 e. The molecule has 0 aliphatic carbocycles. The Morgan fingerprint density at radius 3 is 2.55 bits per heavy atom. The first-order chi connectivity index (χ1) is 15.0. The van der Waals surface area contributed by atoms with Crippen LogP contribution in [0.1, 0.15) is 21.4 Å². The van der Waals surface area contributed by atoms with Crippen LogP contribution < -0.4 is 14.2 Å². The number of aromatic nitrogens is 2. The van der Waals surface area contributed by atoms with Crippen molar-refractivity contribution in [3.05, 3.63) is 59.8 Å². The Morgan fingerprint density at radius 2 is 1.81 bits per heavy atom. The average Bonchev–Trinajstić information content (AvgIpc) is 3.45. The van der Waals surface area contributed by atoms with E-state index in [-0.39, 0.29) is 11.3 Å². The van der Waals surface area contributed by atoms with Crippen LogP contribution >= 0.6 is 11.8 Å². The third-order valence-corrected chi connectivity index (χ3v) is 6.57. The molecule has 7 nitrogen and oxygen atoms in total. The topological polar surface area (TPSA) is 65.8 Å². The van der Waals surface area contributed by atoms with E-state index in [2.05, 4.69) is 5.10 Å². The number of benzene rings is 2. The van der Waals surface area contributed by atoms with Gasteiger partial charge in [0.05, 0.1) is 27.0 Å². The molecule has 0 radical (unpaired) electrons. The second-order valence-electron chi connectivity index (χ2n) is 7.10. The molecule has 31 heavy (non-hydrogen) atoms. The van der Waals surface area contributed by atoms with Crippen LogP contribution in [0.2, 0.25) is 0 Å². The Morgan fingerprint density at radius 1 is 1.03 bits per heavy atom. The molecule has 1 aliphatic rings. The molecule has 0 saturated carbocycles. The van der Waals surface area contributed by atoms with Gasteiger partial charge in [-0.05, 0) is 42.0 Å². The van der Waals surface area contributed by atoms with E-state index >= 15 is 0 Å². The van der Waals surface area contributed by atoms with Crippen molar-refractivity contribution in [3.63, 3.8) is 0 Å². The van der Waals surface area contributed by atoms with Crippen LogP contribution in [0.25, 0.3) is 11.3 Å². The van der Waals surface area contributed by atoms with Gasteiger partial charge in [-0.3, -0.25) is 9.48 Å². The van der Waals surface area contributed by atoms with E-state index in [0.717, 1.165) is 22.6 Å². The van der Waals surface area contributed by atoms with E-state index in [1.54, 1.807) is 44.8 Å². The first kappa shape index (κ1) is 21.1. The Balaban J connectivity index is 1.66. The first-order valence-corrected chi connectivity index (χ1v) is 10.9. The van der Waals surface area contributed by atoms with Crippen molar-refractivity contribution >= 4 is 17.7 Å². The summed E-state index contributed by atoms with van der Waals surface area (Å²) in [5.74, 6) is 2.97. The normalized spacial score (nSPS) is 15.7. The summed E-state index contributed by atoms with van der Waals surface area (Å²) in [6.45, 7) is 0.675. The van der Waals surface area contributed by atoms with Gasteiger partial charge in [0.1, 0.15) is 28.3 Å². The highest BCUT2D eigenvalue weighted by atomic mass is 32.2. The first-order valence-electron chi connectivity index (χ1n) is 9.88. The van der Waals surface area contributed by atoms with Crippen molar-refractivity contribution in [1.29, 1.82) is 0 Å². The fourth-order valence-electron chi connectivity index (χ4n) is 3.71. The quantitative estimate of drug-likeness (QED) is 0.578. The molecule has 1 atom stereocenters. The summed E-state index contributed by atoms with van der Waals surface area (Å²) in [5, 5.41) is 4.53. The molecule has 0 N–H and O–H groups in total. The molecule has 0 unspecified atom stereocenters. The summed E-state index contributed by atoms with van der Waals surface area (Å²) < 4.78 is 17.8. The lowest BCUT2D eigenvalue weighted by Gasteiger charge is -2.24. The van der Waals surface area contributed by atoms with E-state index in [0.29, 0.717) is 29.4 Å². The average molecular weight is 440 g/mol. The molecular weight excluding hydrogens is 414 g/mol. The van der Waals surface area contributed by atoms with Gasteiger partial charge in [0, 0.05) is 24.9 Å². The number of hydrogen-bond donors (Lipinski definition) is 0. The molecule has 1 aromatic heterocycles. The fourth-order valence-corrected chi connectivity index (χ4v) is 4.96. The van der Waals surface area contributed by atoms with E-state index in [9.17, 15) is 4.79 Å². The third kappa shape index (κ3) is 4.07. The lowest BCUT2D eigenvalue weighted by molar-refractivity contribution is 0.0749. The molecule has 2 aromatic carbocycles. The Labute approximate surface area is 185 Å². The lowest BCUT2D eigenvalue weighted by Crippen LogP contribution is -2.31. The standard InChI is InChI=1S/C23H25N3O4S/c1-25-20(14-19(24-25)18-13-17(29-3)8-9-21(18)30-4)22(27)26-10-11-31-23(26)15-6-5-7-16(12-15)28-2/h5-9,12-14,23H,10-11H2,1-4H3/t23-/m1/s1. The Kier molecular flexibility index (Phi) is 6.08. The minimum absolute atomic E-state index is 0.0547. The summed E-state index contributed by atoms with van der Waals surface area (Å²) >= 11 is 1.75. The maximum absolute atomic E-state index is 13.5. The van der Waals surface area contributed by atoms with Gasteiger partial charge in [-0.1, -0.05) is 12.1 Å². The summed E-state index contributed by atoms with van der Waals surface area (Å²) in [4.78, 5) is 15.4. The summed E-state index contributed by atoms with van der Waals surface area (Å²) in [6.07, 6.45) is 0. The molecule has 1 saturated heterocycles. The minimum atomic E-state index is -0.0627. The van der Waals surface area contributed by atoms with Crippen LogP contribution in [0.4, 0.5) is 0 Å². The van der Waals surface area contributed by atoms with Crippen LogP contribution in [0.3, 0.4) is 0 Å². The smallest absolute Gasteiger partial charge is 0.273 e. The van der Waals surface area contributed by atoms with Crippen LogP contribution in [0.5, 0.6) is 17.2 Å². The molecule has 1 amide bonds. The predicted octanol–water partition coefficient (Wildman–Crippen LogP) is 4.00. The number of thioether (sulfide) groups is 1. The summed E-state index contributed by atoms with van der Waals surface area (Å²) in [6, 6.07) is 15.2. The number of carbonyl (C=O) groups excluding carboxylic acids is 1. The molecule has 1 fully saturated rings. The number of hydrogen-bond acceptors (Lipinski definition) is 6. The molecule has 4 rings (SSSR count). The molecule has 2 heterocycles. The van der Waals surface area contributed by atoms with Crippen LogP contribution in [-0.2, 0) is 7.05 Å². The van der Waals surface area contributed by atoms with Crippen molar-refractivity contribution in [1.82, 2.24) is 14.7 Å². The summed E-state index contributed by atoms with van der Waals surface area (Å²) in [7, 11) is 6.66. The SMILES string of the molecule is COc1cccc([C@H]2SCCN2C(=O)c2cc(-c3cc(OC)ccc3OC)nn2C)c1. The number of amides is 1. The monoisotopic (exact) mass is 439 g/mol. The zero-order valence-corrected chi connectivity index (χ0v) is 18.8. The number of ether oxygens (including phenoxy) is 3. The van der Waals surface area contributed by atoms with Crippen molar-refractivity contribution in [2.45, 2.75) is 5.37 Å². The van der Waals surface area contributed by atoms with Crippen molar-refractivity contribution in [2.75, 3.05) is 33.6 Å². The third-order valence-electron chi connectivity index (χ3n) is 5.31. The maximum Gasteiger partial charge on any atom is 0.273 e. The van der Waals surface area contributed by atoms with Crippen molar-refractivity contribution in [3.8, 4) is 28.5 Å². The maximum atomic E-state index is 13.5. The molecule has 162 valence electrons. The van der Waals surface area contributed by atoms with Crippen LogP contribution in [0, 0.1) is 0 Å². The molecule has 8 heteroatoms. The largest absolute Gasteiger partial charge is 0.497 e. The second-order valence-corrected chi connectivity index (χ2v) is 8.29. The van der Waals surface area contributed by atoms with Crippen LogP contribution in [-0.4, -0.2) is 54.2 Å². The highest BCUT2D eigenvalue weighted by Gasteiger charge is 2.33. The molecule has 3 aromatic rings. The van der Waals surface area contributed by atoms with Gasteiger partial charge < -0.3 is 19.1 Å². The van der Waals surface area contributed by atoms with Gasteiger partial charge in [-0.25, -0.2) is 0 Å². The Hall–Kier alpha value is -3.13.